The van der Waals surface area contributed by atoms with Crippen molar-refractivity contribution in [2.24, 2.45) is 0 Å². The van der Waals surface area contributed by atoms with Crippen LogP contribution in [0.2, 0.25) is 0 Å². The van der Waals surface area contributed by atoms with E-state index in [0.717, 1.165) is 25.1 Å². The zero-order valence-corrected chi connectivity index (χ0v) is 15.9. The van der Waals surface area contributed by atoms with Crippen molar-refractivity contribution in [3.05, 3.63) is 65.7 Å². The molecule has 2 N–H and O–H groups in total. The van der Waals surface area contributed by atoms with Crippen molar-refractivity contribution in [3.63, 3.8) is 0 Å². The molecule has 3 heteroatoms. The molecule has 26 heavy (non-hydrogen) atoms. The quantitative estimate of drug-likeness (QED) is 0.644. The Labute approximate surface area is 158 Å². The van der Waals surface area contributed by atoms with E-state index in [1.54, 1.807) is 7.11 Å². The van der Waals surface area contributed by atoms with Gasteiger partial charge in [-0.3, -0.25) is 10.6 Å². The van der Waals surface area contributed by atoms with Gasteiger partial charge in [0.2, 0.25) is 0 Å². The van der Waals surface area contributed by atoms with E-state index < -0.39 is 0 Å². The van der Waals surface area contributed by atoms with Gasteiger partial charge in [-0.1, -0.05) is 67.8 Å². The molecule has 1 aliphatic carbocycles. The molecule has 0 amide bonds. The van der Waals surface area contributed by atoms with Crippen LogP contribution >= 0.6 is 0 Å². The Morgan fingerprint density at radius 3 is 2.46 bits per heavy atom. The van der Waals surface area contributed by atoms with Crippen LogP contribution in [-0.4, -0.2) is 19.3 Å². The van der Waals surface area contributed by atoms with Crippen molar-refractivity contribution in [2.75, 3.05) is 7.11 Å². The van der Waals surface area contributed by atoms with Gasteiger partial charge >= 0.3 is 0 Å². The lowest BCUT2D eigenvalue weighted by atomic mass is 9.95. The lowest BCUT2D eigenvalue weighted by molar-refractivity contribution is 0.295. The van der Waals surface area contributed by atoms with E-state index in [1.165, 1.54) is 43.2 Å². The van der Waals surface area contributed by atoms with Crippen LogP contribution < -0.4 is 15.4 Å². The zero-order chi connectivity index (χ0) is 18.0. The number of methoxy groups -OCH3 is 1. The van der Waals surface area contributed by atoms with Gasteiger partial charge in [0.1, 0.15) is 5.75 Å². The van der Waals surface area contributed by atoms with Gasteiger partial charge in [-0.2, -0.15) is 0 Å². The number of ether oxygens (including phenoxy) is 1. The Kier molecular flexibility index (Phi) is 7.53. The lowest BCUT2D eigenvalue weighted by Gasteiger charge is -2.29. The minimum atomic E-state index is 0.322. The average Bonchev–Trinajstić information content (AvgIpc) is 2.71. The number of rotatable bonds is 9. The summed E-state index contributed by atoms with van der Waals surface area (Å²) >= 11 is 0. The van der Waals surface area contributed by atoms with Crippen LogP contribution in [0.3, 0.4) is 0 Å². The summed E-state index contributed by atoms with van der Waals surface area (Å²) in [5, 5.41) is 7.62. The minimum absolute atomic E-state index is 0.322. The highest BCUT2D eigenvalue weighted by atomic mass is 16.5. The van der Waals surface area contributed by atoms with Crippen LogP contribution in [0, 0.1) is 0 Å². The predicted octanol–water partition coefficient (Wildman–Crippen LogP) is 4.67. The molecule has 2 aromatic rings. The Bertz CT molecular complexity index is 638. The lowest BCUT2D eigenvalue weighted by Crippen LogP contribution is -2.48. The van der Waals surface area contributed by atoms with Gasteiger partial charge in [0.25, 0.3) is 0 Å². The maximum absolute atomic E-state index is 5.50. The average molecular weight is 353 g/mol. The van der Waals surface area contributed by atoms with E-state index in [1.807, 2.05) is 12.1 Å². The van der Waals surface area contributed by atoms with Crippen LogP contribution in [0.4, 0.5) is 0 Å². The van der Waals surface area contributed by atoms with E-state index in [0.29, 0.717) is 12.2 Å². The highest BCUT2D eigenvalue weighted by molar-refractivity contribution is 5.33. The minimum Gasteiger partial charge on any atom is -0.496 e. The summed E-state index contributed by atoms with van der Waals surface area (Å²) in [4.78, 5) is 0. The fraction of sp³-hybridized carbons (Fsp3) is 0.478. The zero-order valence-electron chi connectivity index (χ0n) is 15.9. The van der Waals surface area contributed by atoms with Gasteiger partial charge < -0.3 is 4.74 Å². The van der Waals surface area contributed by atoms with Crippen LogP contribution in [0.5, 0.6) is 5.75 Å². The molecule has 140 valence electrons. The van der Waals surface area contributed by atoms with Gasteiger partial charge in [-0.15, -0.1) is 0 Å². The molecule has 1 atom stereocenters. The summed E-state index contributed by atoms with van der Waals surface area (Å²) in [5.41, 5.74) is 2.62. The SMILES string of the molecule is COc1ccccc1CNC(CCc1ccccc1)NC1CCCCC1. The molecule has 0 saturated heterocycles. The van der Waals surface area contributed by atoms with Crippen molar-refractivity contribution in [1.82, 2.24) is 10.6 Å². The first-order valence-corrected chi connectivity index (χ1v) is 10.0. The molecule has 1 unspecified atom stereocenters. The highest BCUT2D eigenvalue weighted by Crippen LogP contribution is 2.20. The van der Waals surface area contributed by atoms with Crippen LogP contribution in [-0.2, 0) is 13.0 Å². The van der Waals surface area contributed by atoms with Gasteiger partial charge in [-0.25, -0.2) is 0 Å². The van der Waals surface area contributed by atoms with Gasteiger partial charge in [0.05, 0.1) is 13.3 Å². The second kappa shape index (κ2) is 10.3. The van der Waals surface area contributed by atoms with Gasteiger partial charge in [-0.05, 0) is 37.3 Å². The van der Waals surface area contributed by atoms with Crippen molar-refractivity contribution < 1.29 is 4.74 Å². The van der Waals surface area contributed by atoms with Crippen LogP contribution in [0.25, 0.3) is 0 Å². The first-order chi connectivity index (χ1) is 12.8. The second-order valence-electron chi connectivity index (χ2n) is 7.27. The largest absolute Gasteiger partial charge is 0.496 e. The van der Waals surface area contributed by atoms with Gasteiger partial charge in [0.15, 0.2) is 0 Å². The third-order valence-corrected chi connectivity index (χ3v) is 5.34. The number of hydrogen-bond donors (Lipinski definition) is 2. The molecule has 0 heterocycles. The van der Waals surface area contributed by atoms with E-state index in [2.05, 4.69) is 53.1 Å². The normalized spacial score (nSPS) is 16.3. The molecule has 3 rings (SSSR count). The van der Waals surface area contributed by atoms with Crippen molar-refractivity contribution >= 4 is 0 Å². The van der Waals surface area contributed by atoms with Crippen molar-refractivity contribution in [1.29, 1.82) is 0 Å². The molecule has 2 aromatic carbocycles. The van der Waals surface area contributed by atoms with E-state index in [4.69, 9.17) is 4.74 Å². The summed E-state index contributed by atoms with van der Waals surface area (Å²) in [6.45, 7) is 0.823. The van der Waals surface area contributed by atoms with Crippen molar-refractivity contribution in [2.45, 2.75) is 63.7 Å². The number of benzene rings is 2. The third kappa shape index (κ3) is 5.86. The molecule has 0 aromatic heterocycles. The Morgan fingerprint density at radius 2 is 1.69 bits per heavy atom. The Hall–Kier alpha value is -1.84. The highest BCUT2D eigenvalue weighted by Gasteiger charge is 2.18. The number of hydrogen-bond acceptors (Lipinski definition) is 3. The summed E-state index contributed by atoms with van der Waals surface area (Å²) in [5.74, 6) is 0.958. The molecular formula is C23H32N2O. The maximum atomic E-state index is 5.50. The van der Waals surface area contributed by atoms with Crippen LogP contribution in [0.1, 0.15) is 49.7 Å². The summed E-state index contributed by atoms with van der Waals surface area (Å²) in [6.07, 6.45) is 9.21. The number of para-hydroxylation sites is 1. The van der Waals surface area contributed by atoms with Crippen LogP contribution in [0.15, 0.2) is 54.6 Å². The molecule has 1 aliphatic rings. The smallest absolute Gasteiger partial charge is 0.123 e. The molecule has 1 fully saturated rings. The number of aryl methyl sites for hydroxylation is 1. The monoisotopic (exact) mass is 352 g/mol. The summed E-state index contributed by atoms with van der Waals surface area (Å²) in [7, 11) is 1.74. The standard InChI is InChI=1S/C23H32N2O/c1-26-22-15-9-8-12-20(22)18-24-23(25-21-13-6-3-7-14-21)17-16-19-10-4-2-5-11-19/h2,4-5,8-12,15,21,23-25H,3,6-7,13-14,16-18H2,1H3. The number of nitrogens with one attached hydrogen (secondary N) is 2. The Balaban J connectivity index is 1.59. The second-order valence-corrected chi connectivity index (χ2v) is 7.27. The molecule has 0 aliphatic heterocycles. The predicted molar refractivity (Wildman–Crippen MR) is 108 cm³/mol. The fourth-order valence-corrected chi connectivity index (χ4v) is 3.84. The van der Waals surface area contributed by atoms with Crippen molar-refractivity contribution in [3.8, 4) is 5.75 Å². The van der Waals surface area contributed by atoms with E-state index in [-0.39, 0.29) is 0 Å². The first-order valence-electron chi connectivity index (χ1n) is 10.0. The summed E-state index contributed by atoms with van der Waals surface area (Å²) < 4.78 is 5.50. The molecule has 0 bridgehead atoms. The molecule has 0 radical (unpaired) electrons. The molecule has 1 saturated carbocycles. The first kappa shape index (κ1) is 18.9. The molecule has 0 spiro atoms. The topological polar surface area (TPSA) is 33.3 Å². The van der Waals surface area contributed by atoms with E-state index >= 15 is 0 Å². The third-order valence-electron chi connectivity index (χ3n) is 5.34. The maximum Gasteiger partial charge on any atom is 0.123 e. The van der Waals surface area contributed by atoms with E-state index in [9.17, 15) is 0 Å². The molecular weight excluding hydrogens is 320 g/mol. The fourth-order valence-electron chi connectivity index (χ4n) is 3.84. The Morgan fingerprint density at radius 1 is 0.962 bits per heavy atom. The summed E-state index contributed by atoms with van der Waals surface area (Å²) in [6, 6.07) is 19.7. The molecule has 3 nitrogen and oxygen atoms in total. The van der Waals surface area contributed by atoms with Gasteiger partial charge in [0, 0.05) is 18.2 Å².